The molecule has 0 saturated carbocycles. The first-order valence-electron chi connectivity index (χ1n) is 8.52. The van der Waals surface area contributed by atoms with Gasteiger partial charge in [-0.25, -0.2) is 14.4 Å². The van der Waals surface area contributed by atoms with Gasteiger partial charge in [-0.3, -0.25) is 4.79 Å². The van der Waals surface area contributed by atoms with Gasteiger partial charge in [-0.1, -0.05) is 18.2 Å². The first-order valence-corrected chi connectivity index (χ1v) is 8.52. The van der Waals surface area contributed by atoms with Gasteiger partial charge < -0.3 is 9.64 Å². The van der Waals surface area contributed by atoms with E-state index in [2.05, 4.69) is 9.97 Å². The highest BCUT2D eigenvalue weighted by molar-refractivity contribution is 5.79. The molecule has 1 amide bonds. The van der Waals surface area contributed by atoms with Crippen LogP contribution in [0.25, 0.3) is 0 Å². The highest BCUT2D eigenvalue weighted by Crippen LogP contribution is 2.14. The second-order valence-electron chi connectivity index (χ2n) is 6.29. The maximum atomic E-state index is 13.7. The van der Waals surface area contributed by atoms with Crippen LogP contribution in [0.1, 0.15) is 23.4 Å². The summed E-state index contributed by atoms with van der Waals surface area (Å²) in [7, 11) is 0. The monoisotopic (exact) mass is 343 g/mol. The molecular weight excluding hydrogens is 321 g/mol. The lowest BCUT2D eigenvalue weighted by Gasteiger charge is -2.33. The molecule has 25 heavy (non-hydrogen) atoms. The summed E-state index contributed by atoms with van der Waals surface area (Å²) in [5.41, 5.74) is 2.36. The van der Waals surface area contributed by atoms with Crippen molar-refractivity contribution in [1.29, 1.82) is 0 Å². The Kier molecular flexibility index (Phi) is 5.71. The summed E-state index contributed by atoms with van der Waals surface area (Å²) >= 11 is 0. The van der Waals surface area contributed by atoms with E-state index >= 15 is 0 Å². The molecule has 1 aliphatic rings. The lowest BCUT2D eigenvalue weighted by Crippen LogP contribution is -2.46. The van der Waals surface area contributed by atoms with Gasteiger partial charge in [0, 0.05) is 24.5 Å². The second kappa shape index (κ2) is 8.16. The third-order valence-corrected chi connectivity index (χ3v) is 4.37. The van der Waals surface area contributed by atoms with Crippen molar-refractivity contribution in [2.75, 3.05) is 19.7 Å². The van der Waals surface area contributed by atoms with Gasteiger partial charge in [0.15, 0.2) is 0 Å². The van der Waals surface area contributed by atoms with Crippen LogP contribution in [0.3, 0.4) is 0 Å². The molecule has 1 aliphatic heterocycles. The lowest BCUT2D eigenvalue weighted by atomic mass is 10.1. The van der Waals surface area contributed by atoms with Crippen LogP contribution in [0.15, 0.2) is 36.7 Å². The third kappa shape index (κ3) is 4.82. The molecule has 0 radical (unpaired) electrons. The number of aromatic nitrogens is 2. The Balaban J connectivity index is 1.53. The minimum Gasteiger partial charge on any atom is -0.375 e. The molecule has 0 N–H and O–H groups in total. The zero-order valence-corrected chi connectivity index (χ0v) is 14.3. The van der Waals surface area contributed by atoms with Gasteiger partial charge in [0.25, 0.3) is 0 Å². The Morgan fingerprint density at radius 2 is 2.20 bits per heavy atom. The molecule has 1 fully saturated rings. The summed E-state index contributed by atoms with van der Waals surface area (Å²) in [6.07, 6.45) is 3.21. The van der Waals surface area contributed by atoms with Crippen molar-refractivity contribution in [3.05, 3.63) is 59.4 Å². The molecule has 132 valence electrons. The van der Waals surface area contributed by atoms with E-state index in [4.69, 9.17) is 4.74 Å². The van der Waals surface area contributed by atoms with Gasteiger partial charge >= 0.3 is 0 Å². The predicted octanol–water partition coefficient (Wildman–Crippen LogP) is 2.33. The van der Waals surface area contributed by atoms with Gasteiger partial charge in [0.05, 0.1) is 19.1 Å². The number of halogens is 1. The molecule has 0 bridgehead atoms. The van der Waals surface area contributed by atoms with E-state index in [0.717, 1.165) is 24.2 Å². The number of carbonyl (C=O) groups excluding carboxylic acids is 1. The van der Waals surface area contributed by atoms with Crippen molar-refractivity contribution in [2.45, 2.75) is 32.3 Å². The summed E-state index contributed by atoms with van der Waals surface area (Å²) < 4.78 is 19.5. The molecule has 6 heteroatoms. The van der Waals surface area contributed by atoms with Gasteiger partial charge in [-0.15, -0.1) is 0 Å². The molecule has 1 atom stereocenters. The fourth-order valence-corrected chi connectivity index (χ4v) is 2.99. The standard InChI is InChI=1S/C19H22FN3O2/c1-14-10-16(22-13-21-14)6-7-17-12-23(8-9-25-17)19(24)11-15-4-2-3-5-18(15)20/h2-5,10,13,17H,6-9,11-12H2,1H3. The number of rotatable bonds is 5. The zero-order valence-electron chi connectivity index (χ0n) is 14.3. The van der Waals surface area contributed by atoms with Crippen molar-refractivity contribution in [3.8, 4) is 0 Å². The van der Waals surface area contributed by atoms with Crippen molar-refractivity contribution < 1.29 is 13.9 Å². The number of morpholine rings is 1. The fraction of sp³-hybridized carbons (Fsp3) is 0.421. The van der Waals surface area contributed by atoms with Crippen LogP contribution in [0.5, 0.6) is 0 Å². The minimum atomic E-state index is -0.334. The fourth-order valence-electron chi connectivity index (χ4n) is 2.99. The maximum absolute atomic E-state index is 13.7. The van der Waals surface area contributed by atoms with Crippen molar-refractivity contribution >= 4 is 5.91 Å². The molecule has 3 rings (SSSR count). The smallest absolute Gasteiger partial charge is 0.227 e. The summed E-state index contributed by atoms with van der Waals surface area (Å²) in [5.74, 6) is -0.393. The molecular formula is C19H22FN3O2. The van der Waals surface area contributed by atoms with E-state index in [1.807, 2.05) is 13.0 Å². The minimum absolute atomic E-state index is 0.0198. The third-order valence-electron chi connectivity index (χ3n) is 4.37. The number of hydrogen-bond acceptors (Lipinski definition) is 4. The molecule has 1 saturated heterocycles. The number of hydrogen-bond donors (Lipinski definition) is 0. The number of amides is 1. The SMILES string of the molecule is Cc1cc(CCC2CN(C(=O)Cc3ccccc3F)CCO2)ncn1. The molecule has 1 aromatic heterocycles. The summed E-state index contributed by atoms with van der Waals surface area (Å²) in [4.78, 5) is 22.6. The van der Waals surface area contributed by atoms with Crippen LogP contribution in [-0.2, 0) is 22.4 Å². The first kappa shape index (κ1) is 17.5. The second-order valence-corrected chi connectivity index (χ2v) is 6.29. The van der Waals surface area contributed by atoms with Crippen LogP contribution in [0.2, 0.25) is 0 Å². The van der Waals surface area contributed by atoms with E-state index in [0.29, 0.717) is 25.3 Å². The molecule has 1 unspecified atom stereocenters. The van der Waals surface area contributed by atoms with E-state index in [1.165, 1.54) is 6.07 Å². The molecule has 2 aromatic rings. The van der Waals surface area contributed by atoms with Crippen LogP contribution in [0, 0.1) is 12.7 Å². The van der Waals surface area contributed by atoms with Crippen LogP contribution >= 0.6 is 0 Å². The van der Waals surface area contributed by atoms with Crippen molar-refractivity contribution in [1.82, 2.24) is 14.9 Å². The largest absolute Gasteiger partial charge is 0.375 e. The average Bonchev–Trinajstić information content (AvgIpc) is 2.62. The van der Waals surface area contributed by atoms with E-state index in [1.54, 1.807) is 29.4 Å². The number of ether oxygens (including phenoxy) is 1. The Labute approximate surface area is 146 Å². The number of benzene rings is 1. The Morgan fingerprint density at radius 3 is 3.00 bits per heavy atom. The summed E-state index contributed by atoms with van der Waals surface area (Å²) in [6, 6.07) is 8.38. The van der Waals surface area contributed by atoms with Gasteiger partial charge in [0.1, 0.15) is 12.1 Å². The molecule has 0 aliphatic carbocycles. The molecule has 1 aromatic carbocycles. The van der Waals surface area contributed by atoms with Gasteiger partial charge in [0.2, 0.25) is 5.91 Å². The number of nitrogens with zero attached hydrogens (tertiary/aromatic N) is 3. The van der Waals surface area contributed by atoms with E-state index in [-0.39, 0.29) is 24.2 Å². The molecule has 0 spiro atoms. The Hall–Kier alpha value is -2.34. The van der Waals surface area contributed by atoms with Gasteiger partial charge in [-0.05, 0) is 37.5 Å². The maximum Gasteiger partial charge on any atom is 0.227 e. The number of carbonyl (C=O) groups is 1. The normalized spacial score (nSPS) is 17.5. The molecule has 2 heterocycles. The predicted molar refractivity (Wildman–Crippen MR) is 91.5 cm³/mol. The van der Waals surface area contributed by atoms with Crippen molar-refractivity contribution in [3.63, 3.8) is 0 Å². The first-order chi connectivity index (χ1) is 12.1. The van der Waals surface area contributed by atoms with E-state index in [9.17, 15) is 9.18 Å². The summed E-state index contributed by atoms with van der Waals surface area (Å²) in [5, 5.41) is 0. The van der Waals surface area contributed by atoms with Gasteiger partial charge in [-0.2, -0.15) is 0 Å². The van der Waals surface area contributed by atoms with E-state index < -0.39 is 0 Å². The topological polar surface area (TPSA) is 55.3 Å². The number of aryl methyl sites for hydroxylation is 2. The highest BCUT2D eigenvalue weighted by Gasteiger charge is 2.24. The Bertz CT molecular complexity index is 738. The molecule has 5 nitrogen and oxygen atoms in total. The summed E-state index contributed by atoms with van der Waals surface area (Å²) in [6.45, 7) is 3.54. The zero-order chi connectivity index (χ0) is 17.6. The quantitative estimate of drug-likeness (QED) is 0.836. The van der Waals surface area contributed by atoms with Crippen LogP contribution in [0.4, 0.5) is 4.39 Å². The lowest BCUT2D eigenvalue weighted by molar-refractivity contribution is -0.138. The van der Waals surface area contributed by atoms with Crippen LogP contribution < -0.4 is 0 Å². The average molecular weight is 343 g/mol. The highest BCUT2D eigenvalue weighted by atomic mass is 19.1. The Morgan fingerprint density at radius 1 is 1.36 bits per heavy atom. The van der Waals surface area contributed by atoms with Crippen LogP contribution in [-0.4, -0.2) is 46.6 Å². The van der Waals surface area contributed by atoms with Crippen molar-refractivity contribution in [2.24, 2.45) is 0 Å².